The molecule has 1 atom stereocenters. The first-order valence-corrected chi connectivity index (χ1v) is 10.7. The Hall–Kier alpha value is -2.93. The molecule has 1 aliphatic heterocycles. The fraction of sp³-hybridized carbons (Fsp3) is 0.318. The van der Waals surface area contributed by atoms with Crippen molar-refractivity contribution in [3.05, 3.63) is 80.9 Å². The van der Waals surface area contributed by atoms with Crippen molar-refractivity contribution in [1.29, 1.82) is 0 Å². The second kappa shape index (κ2) is 9.05. The number of benzene rings is 1. The first kappa shape index (κ1) is 19.4. The SMILES string of the molecule is O=C(NCc1cccs1)[C@@H]1CCCN(c2cnn(Cc3ccccc3)c(=O)c2)C1. The standard InChI is InChI=1S/C22H24N4O2S/c27-21-12-19(13-24-26(21)15-17-6-2-1-3-7-17)25-10-4-8-18(16-25)22(28)23-14-20-9-5-11-29-20/h1-3,5-7,9,11-13,18H,4,8,10,14-16H2,(H,23,28)/t18-/m1/s1. The summed E-state index contributed by atoms with van der Waals surface area (Å²) in [6, 6.07) is 15.4. The number of nitrogens with one attached hydrogen (secondary N) is 1. The van der Waals surface area contributed by atoms with Crippen LogP contribution in [0.25, 0.3) is 0 Å². The Morgan fingerprint density at radius 1 is 1.21 bits per heavy atom. The number of rotatable bonds is 6. The van der Waals surface area contributed by atoms with E-state index in [2.05, 4.69) is 15.3 Å². The predicted octanol–water partition coefficient (Wildman–Crippen LogP) is 2.89. The number of piperidine rings is 1. The van der Waals surface area contributed by atoms with E-state index in [1.807, 2.05) is 47.8 Å². The lowest BCUT2D eigenvalue weighted by Gasteiger charge is -2.33. The number of amides is 1. The van der Waals surface area contributed by atoms with Crippen LogP contribution in [-0.4, -0.2) is 28.8 Å². The second-order valence-electron chi connectivity index (χ2n) is 7.28. The summed E-state index contributed by atoms with van der Waals surface area (Å²) in [5.74, 6) is 0.00365. The summed E-state index contributed by atoms with van der Waals surface area (Å²) >= 11 is 1.64. The van der Waals surface area contributed by atoms with Gasteiger partial charge in [-0.2, -0.15) is 5.10 Å². The normalized spacial score (nSPS) is 16.6. The molecule has 4 rings (SSSR count). The fourth-order valence-electron chi connectivity index (χ4n) is 3.63. The molecule has 1 amide bonds. The molecule has 29 heavy (non-hydrogen) atoms. The third kappa shape index (κ3) is 4.92. The summed E-state index contributed by atoms with van der Waals surface area (Å²) in [6.07, 6.45) is 3.52. The van der Waals surface area contributed by atoms with E-state index >= 15 is 0 Å². The summed E-state index contributed by atoms with van der Waals surface area (Å²) in [5, 5.41) is 9.40. The Balaban J connectivity index is 1.39. The zero-order valence-corrected chi connectivity index (χ0v) is 17.0. The highest BCUT2D eigenvalue weighted by Gasteiger charge is 2.26. The van der Waals surface area contributed by atoms with Gasteiger partial charge in [-0.3, -0.25) is 9.59 Å². The number of aromatic nitrogens is 2. The molecule has 0 saturated carbocycles. The number of carbonyl (C=O) groups excluding carboxylic acids is 1. The van der Waals surface area contributed by atoms with Crippen molar-refractivity contribution < 1.29 is 4.79 Å². The number of nitrogens with zero attached hydrogens (tertiary/aromatic N) is 3. The molecule has 2 aromatic heterocycles. The van der Waals surface area contributed by atoms with Gasteiger partial charge in [-0.25, -0.2) is 4.68 Å². The third-order valence-electron chi connectivity index (χ3n) is 5.20. The average molecular weight is 409 g/mol. The van der Waals surface area contributed by atoms with Crippen molar-refractivity contribution >= 4 is 22.9 Å². The van der Waals surface area contributed by atoms with Gasteiger partial charge in [0.2, 0.25) is 5.91 Å². The van der Waals surface area contributed by atoms with Gasteiger partial charge in [-0.15, -0.1) is 11.3 Å². The Kier molecular flexibility index (Phi) is 6.05. The van der Waals surface area contributed by atoms with Crippen molar-refractivity contribution in [1.82, 2.24) is 15.1 Å². The minimum absolute atomic E-state index is 0.0736. The Morgan fingerprint density at radius 3 is 2.83 bits per heavy atom. The lowest BCUT2D eigenvalue weighted by Crippen LogP contribution is -2.43. The molecule has 1 fully saturated rings. The van der Waals surface area contributed by atoms with E-state index in [0.717, 1.165) is 35.5 Å². The highest BCUT2D eigenvalue weighted by atomic mass is 32.1. The molecule has 0 bridgehead atoms. The van der Waals surface area contributed by atoms with Crippen LogP contribution >= 0.6 is 11.3 Å². The Morgan fingerprint density at radius 2 is 2.07 bits per heavy atom. The van der Waals surface area contributed by atoms with Gasteiger partial charge in [-0.1, -0.05) is 36.4 Å². The van der Waals surface area contributed by atoms with Crippen LogP contribution in [0.2, 0.25) is 0 Å². The van der Waals surface area contributed by atoms with Gasteiger partial charge < -0.3 is 10.2 Å². The molecule has 1 aliphatic rings. The summed E-state index contributed by atoms with van der Waals surface area (Å²) in [5.41, 5.74) is 1.70. The molecule has 3 heterocycles. The van der Waals surface area contributed by atoms with Gasteiger partial charge in [0.15, 0.2) is 0 Å². The van der Waals surface area contributed by atoms with Crippen LogP contribution in [0.4, 0.5) is 5.69 Å². The molecule has 6 nitrogen and oxygen atoms in total. The molecule has 0 radical (unpaired) electrons. The monoisotopic (exact) mass is 408 g/mol. The third-order valence-corrected chi connectivity index (χ3v) is 6.08. The van der Waals surface area contributed by atoms with Crippen LogP contribution in [0, 0.1) is 5.92 Å². The van der Waals surface area contributed by atoms with E-state index in [9.17, 15) is 9.59 Å². The topological polar surface area (TPSA) is 67.2 Å². The first-order chi connectivity index (χ1) is 14.2. The summed E-state index contributed by atoms with van der Waals surface area (Å²) in [7, 11) is 0. The summed E-state index contributed by atoms with van der Waals surface area (Å²) < 4.78 is 1.47. The van der Waals surface area contributed by atoms with E-state index in [1.54, 1.807) is 23.6 Å². The maximum Gasteiger partial charge on any atom is 0.269 e. The predicted molar refractivity (Wildman–Crippen MR) is 115 cm³/mol. The van der Waals surface area contributed by atoms with Gasteiger partial charge in [-0.05, 0) is 29.9 Å². The van der Waals surface area contributed by atoms with E-state index in [1.165, 1.54) is 4.68 Å². The molecule has 3 aromatic rings. The van der Waals surface area contributed by atoms with Gasteiger partial charge in [0.1, 0.15) is 0 Å². The molecular formula is C22H24N4O2S. The quantitative estimate of drug-likeness (QED) is 0.681. The maximum absolute atomic E-state index is 12.6. The van der Waals surface area contributed by atoms with Gasteiger partial charge >= 0.3 is 0 Å². The molecule has 1 N–H and O–H groups in total. The largest absolute Gasteiger partial charge is 0.369 e. The van der Waals surface area contributed by atoms with Crippen LogP contribution in [0.15, 0.2) is 64.9 Å². The molecule has 0 spiro atoms. The zero-order valence-electron chi connectivity index (χ0n) is 16.2. The molecule has 150 valence electrons. The van der Waals surface area contributed by atoms with Crippen molar-refractivity contribution in [2.24, 2.45) is 5.92 Å². The molecule has 1 aromatic carbocycles. The minimum atomic E-state index is -0.129. The lowest BCUT2D eigenvalue weighted by atomic mass is 9.97. The number of anilines is 1. The van der Waals surface area contributed by atoms with E-state index in [4.69, 9.17) is 0 Å². The van der Waals surface area contributed by atoms with Crippen molar-refractivity contribution in [2.45, 2.75) is 25.9 Å². The molecule has 0 aliphatic carbocycles. The Labute approximate surface area is 173 Å². The molecule has 7 heteroatoms. The number of hydrogen-bond acceptors (Lipinski definition) is 5. The van der Waals surface area contributed by atoms with E-state index < -0.39 is 0 Å². The highest BCUT2D eigenvalue weighted by molar-refractivity contribution is 7.09. The Bertz CT molecular complexity index is 1000. The zero-order chi connectivity index (χ0) is 20.1. The summed E-state index contributed by atoms with van der Waals surface area (Å²) in [4.78, 5) is 28.4. The number of thiophene rings is 1. The smallest absolute Gasteiger partial charge is 0.269 e. The lowest BCUT2D eigenvalue weighted by molar-refractivity contribution is -0.125. The van der Waals surface area contributed by atoms with Gasteiger partial charge in [0.25, 0.3) is 5.56 Å². The number of carbonyl (C=O) groups is 1. The first-order valence-electron chi connectivity index (χ1n) is 9.85. The van der Waals surface area contributed by atoms with Crippen molar-refractivity contribution in [3.63, 3.8) is 0 Å². The number of hydrogen-bond donors (Lipinski definition) is 1. The summed E-state index contributed by atoms with van der Waals surface area (Å²) in [6.45, 7) is 2.47. The fourth-order valence-corrected chi connectivity index (χ4v) is 4.27. The van der Waals surface area contributed by atoms with Crippen LogP contribution in [0.5, 0.6) is 0 Å². The second-order valence-corrected chi connectivity index (χ2v) is 8.31. The van der Waals surface area contributed by atoms with Crippen LogP contribution < -0.4 is 15.8 Å². The van der Waals surface area contributed by atoms with E-state index in [0.29, 0.717) is 19.6 Å². The average Bonchev–Trinajstić information content (AvgIpc) is 3.28. The minimum Gasteiger partial charge on any atom is -0.369 e. The molecule has 1 saturated heterocycles. The van der Waals surface area contributed by atoms with Crippen LogP contribution in [-0.2, 0) is 17.9 Å². The molecular weight excluding hydrogens is 384 g/mol. The van der Waals surface area contributed by atoms with Crippen molar-refractivity contribution in [2.75, 3.05) is 18.0 Å². The van der Waals surface area contributed by atoms with Gasteiger partial charge in [0, 0.05) is 24.0 Å². The van der Waals surface area contributed by atoms with Crippen molar-refractivity contribution in [3.8, 4) is 0 Å². The maximum atomic E-state index is 12.6. The molecule has 0 unspecified atom stereocenters. The van der Waals surface area contributed by atoms with Gasteiger partial charge in [0.05, 0.1) is 30.9 Å². The van der Waals surface area contributed by atoms with Crippen LogP contribution in [0.3, 0.4) is 0 Å². The highest BCUT2D eigenvalue weighted by Crippen LogP contribution is 2.22. The van der Waals surface area contributed by atoms with E-state index in [-0.39, 0.29) is 17.4 Å². The van der Waals surface area contributed by atoms with Crippen LogP contribution in [0.1, 0.15) is 23.3 Å².